The maximum atomic E-state index is 12.9. The standard InChI is InChI=1S/C27H28ClNO4/c1-3-32-26(30)19(2)29-25(27(31)33-18-21-8-5-4-6-9-21)16-20-12-14-22(15-13-20)23-10-7-11-24(28)17-23/h4-15,17,19,25,29H,3,16,18H2,1-2H3. The van der Waals surface area contributed by atoms with E-state index in [-0.39, 0.29) is 13.2 Å². The summed E-state index contributed by atoms with van der Waals surface area (Å²) in [5.74, 6) is -0.830. The molecule has 172 valence electrons. The average Bonchev–Trinajstić information content (AvgIpc) is 2.83. The summed E-state index contributed by atoms with van der Waals surface area (Å²) in [4.78, 5) is 25.0. The van der Waals surface area contributed by atoms with E-state index >= 15 is 0 Å². The quantitative estimate of drug-likeness (QED) is 0.417. The van der Waals surface area contributed by atoms with E-state index in [1.165, 1.54) is 0 Å². The number of nitrogens with one attached hydrogen (secondary N) is 1. The molecule has 2 unspecified atom stereocenters. The number of esters is 2. The molecule has 3 rings (SSSR count). The first kappa shape index (κ1) is 24.5. The van der Waals surface area contributed by atoms with Crippen molar-refractivity contribution in [3.63, 3.8) is 0 Å². The fraction of sp³-hybridized carbons (Fsp3) is 0.259. The predicted molar refractivity (Wildman–Crippen MR) is 130 cm³/mol. The van der Waals surface area contributed by atoms with Gasteiger partial charge in [-0.25, -0.2) is 0 Å². The topological polar surface area (TPSA) is 64.6 Å². The Balaban J connectivity index is 1.72. The fourth-order valence-corrected chi connectivity index (χ4v) is 3.60. The molecule has 0 fully saturated rings. The molecule has 0 bridgehead atoms. The maximum Gasteiger partial charge on any atom is 0.323 e. The van der Waals surface area contributed by atoms with Crippen molar-refractivity contribution >= 4 is 23.5 Å². The highest BCUT2D eigenvalue weighted by molar-refractivity contribution is 6.30. The summed E-state index contributed by atoms with van der Waals surface area (Å²) in [6.45, 7) is 3.87. The monoisotopic (exact) mass is 465 g/mol. The molecule has 33 heavy (non-hydrogen) atoms. The van der Waals surface area contributed by atoms with Crippen LogP contribution in [0.5, 0.6) is 0 Å². The molecule has 0 aromatic heterocycles. The first-order valence-electron chi connectivity index (χ1n) is 10.9. The van der Waals surface area contributed by atoms with Gasteiger partial charge in [0.15, 0.2) is 0 Å². The summed E-state index contributed by atoms with van der Waals surface area (Å²) in [5.41, 5.74) is 3.87. The third kappa shape index (κ3) is 7.45. The van der Waals surface area contributed by atoms with E-state index in [1.807, 2.05) is 78.9 Å². The molecule has 1 N–H and O–H groups in total. The first-order chi connectivity index (χ1) is 16.0. The number of rotatable bonds is 10. The number of halogens is 1. The van der Waals surface area contributed by atoms with Crippen LogP contribution in [0.25, 0.3) is 11.1 Å². The Hall–Kier alpha value is -3.15. The maximum absolute atomic E-state index is 12.9. The van der Waals surface area contributed by atoms with E-state index in [4.69, 9.17) is 21.1 Å². The lowest BCUT2D eigenvalue weighted by Crippen LogP contribution is -2.48. The SMILES string of the molecule is CCOC(=O)C(C)NC(Cc1ccc(-c2cccc(Cl)c2)cc1)C(=O)OCc1ccccc1. The minimum absolute atomic E-state index is 0.166. The van der Waals surface area contributed by atoms with Crippen LogP contribution in [0.1, 0.15) is 25.0 Å². The van der Waals surface area contributed by atoms with Crippen LogP contribution in [-0.2, 0) is 32.1 Å². The molecule has 0 heterocycles. The van der Waals surface area contributed by atoms with Crippen LogP contribution in [0.2, 0.25) is 5.02 Å². The number of benzene rings is 3. The number of carbonyl (C=O) groups excluding carboxylic acids is 2. The van der Waals surface area contributed by atoms with E-state index in [0.717, 1.165) is 22.3 Å². The molecule has 6 heteroatoms. The number of hydrogen-bond acceptors (Lipinski definition) is 5. The van der Waals surface area contributed by atoms with Crippen molar-refractivity contribution in [1.82, 2.24) is 5.32 Å². The second-order valence-electron chi connectivity index (χ2n) is 7.70. The lowest BCUT2D eigenvalue weighted by atomic mass is 10.0. The number of ether oxygens (including phenoxy) is 2. The smallest absolute Gasteiger partial charge is 0.323 e. The lowest BCUT2D eigenvalue weighted by molar-refractivity contribution is -0.149. The van der Waals surface area contributed by atoms with Gasteiger partial charge < -0.3 is 9.47 Å². The van der Waals surface area contributed by atoms with E-state index < -0.39 is 24.0 Å². The molecule has 5 nitrogen and oxygen atoms in total. The van der Waals surface area contributed by atoms with Gasteiger partial charge in [-0.05, 0) is 54.7 Å². The largest absolute Gasteiger partial charge is 0.465 e. The van der Waals surface area contributed by atoms with Crippen LogP contribution >= 0.6 is 11.6 Å². The third-order valence-corrected chi connectivity index (χ3v) is 5.39. The molecular formula is C27H28ClNO4. The fourth-order valence-electron chi connectivity index (χ4n) is 3.41. The van der Waals surface area contributed by atoms with Crippen LogP contribution in [0.3, 0.4) is 0 Å². The Bertz CT molecular complexity index is 1050. The molecule has 3 aromatic carbocycles. The molecular weight excluding hydrogens is 438 g/mol. The summed E-state index contributed by atoms with van der Waals surface area (Å²) in [6.07, 6.45) is 0.368. The van der Waals surface area contributed by atoms with Crippen molar-refractivity contribution in [3.8, 4) is 11.1 Å². The van der Waals surface area contributed by atoms with E-state index in [9.17, 15) is 9.59 Å². The Morgan fingerprint density at radius 2 is 1.58 bits per heavy atom. The van der Waals surface area contributed by atoms with Gasteiger partial charge in [0.05, 0.1) is 6.61 Å². The molecule has 0 amide bonds. The molecule has 0 radical (unpaired) electrons. The zero-order valence-electron chi connectivity index (χ0n) is 18.8. The summed E-state index contributed by atoms with van der Waals surface area (Å²) in [6, 6.07) is 23.7. The van der Waals surface area contributed by atoms with Crippen LogP contribution < -0.4 is 5.32 Å². The highest BCUT2D eigenvalue weighted by atomic mass is 35.5. The summed E-state index contributed by atoms with van der Waals surface area (Å²) < 4.78 is 10.6. The molecule has 0 saturated carbocycles. The highest BCUT2D eigenvalue weighted by Crippen LogP contribution is 2.23. The minimum atomic E-state index is -0.704. The van der Waals surface area contributed by atoms with Gasteiger partial charge in [-0.1, -0.05) is 78.3 Å². The van der Waals surface area contributed by atoms with Gasteiger partial charge in [0.1, 0.15) is 18.7 Å². The van der Waals surface area contributed by atoms with Gasteiger partial charge in [-0.15, -0.1) is 0 Å². The Labute approximate surface area is 199 Å². The minimum Gasteiger partial charge on any atom is -0.465 e. The van der Waals surface area contributed by atoms with Crippen molar-refractivity contribution in [3.05, 3.63) is 95.0 Å². The van der Waals surface area contributed by atoms with Crippen molar-refractivity contribution in [2.75, 3.05) is 6.61 Å². The lowest BCUT2D eigenvalue weighted by Gasteiger charge is -2.21. The highest BCUT2D eigenvalue weighted by Gasteiger charge is 2.26. The molecule has 0 aliphatic carbocycles. The molecule has 0 saturated heterocycles. The molecule has 2 atom stereocenters. The normalized spacial score (nSPS) is 12.6. The van der Waals surface area contributed by atoms with E-state index in [1.54, 1.807) is 13.8 Å². The van der Waals surface area contributed by atoms with Gasteiger partial charge in [0, 0.05) is 5.02 Å². The van der Waals surface area contributed by atoms with E-state index in [0.29, 0.717) is 11.4 Å². The van der Waals surface area contributed by atoms with Gasteiger partial charge in [0.25, 0.3) is 0 Å². The Kier molecular flexibility index (Phi) is 9.04. The predicted octanol–water partition coefficient (Wildman–Crippen LogP) is 5.20. The summed E-state index contributed by atoms with van der Waals surface area (Å²) in [5, 5.41) is 3.75. The van der Waals surface area contributed by atoms with Crippen LogP contribution in [0.4, 0.5) is 0 Å². The van der Waals surface area contributed by atoms with Crippen LogP contribution in [-0.4, -0.2) is 30.6 Å². The second kappa shape index (κ2) is 12.2. The zero-order valence-corrected chi connectivity index (χ0v) is 19.5. The van der Waals surface area contributed by atoms with E-state index in [2.05, 4.69) is 5.32 Å². The molecule has 3 aromatic rings. The van der Waals surface area contributed by atoms with Crippen molar-refractivity contribution in [1.29, 1.82) is 0 Å². The summed E-state index contributed by atoms with van der Waals surface area (Å²) >= 11 is 6.10. The second-order valence-corrected chi connectivity index (χ2v) is 8.13. The van der Waals surface area contributed by atoms with Crippen LogP contribution in [0, 0.1) is 0 Å². The van der Waals surface area contributed by atoms with Crippen molar-refractivity contribution < 1.29 is 19.1 Å². The van der Waals surface area contributed by atoms with Gasteiger partial charge in [0.2, 0.25) is 0 Å². The summed E-state index contributed by atoms with van der Waals surface area (Å²) in [7, 11) is 0. The Morgan fingerprint density at radius 3 is 2.24 bits per heavy atom. The van der Waals surface area contributed by atoms with Crippen molar-refractivity contribution in [2.24, 2.45) is 0 Å². The average molecular weight is 466 g/mol. The number of carbonyl (C=O) groups is 2. The third-order valence-electron chi connectivity index (χ3n) is 5.15. The van der Waals surface area contributed by atoms with Gasteiger partial charge in [-0.3, -0.25) is 14.9 Å². The molecule has 0 aliphatic rings. The zero-order chi connectivity index (χ0) is 23.6. The molecule has 0 aliphatic heterocycles. The van der Waals surface area contributed by atoms with Crippen LogP contribution in [0.15, 0.2) is 78.9 Å². The Morgan fingerprint density at radius 1 is 0.848 bits per heavy atom. The van der Waals surface area contributed by atoms with Gasteiger partial charge >= 0.3 is 11.9 Å². The number of hydrogen-bond donors (Lipinski definition) is 1. The van der Waals surface area contributed by atoms with Gasteiger partial charge in [-0.2, -0.15) is 0 Å². The van der Waals surface area contributed by atoms with Crippen molar-refractivity contribution in [2.45, 2.75) is 39.0 Å². The molecule has 0 spiro atoms. The first-order valence-corrected chi connectivity index (χ1v) is 11.3.